The van der Waals surface area contributed by atoms with Gasteiger partial charge in [-0.3, -0.25) is 4.79 Å². The van der Waals surface area contributed by atoms with Crippen molar-refractivity contribution in [2.24, 2.45) is 0 Å². The van der Waals surface area contributed by atoms with E-state index < -0.39 is 9.84 Å². The molecule has 0 radical (unpaired) electrons. The number of hydrogen-bond acceptors (Lipinski definition) is 5. The zero-order valence-corrected chi connectivity index (χ0v) is 17.5. The van der Waals surface area contributed by atoms with Gasteiger partial charge in [-0.2, -0.15) is 5.10 Å². The SMILES string of the molecule is COc1ccc(-n2nc3c(c2NC(=O)CCCc2ccccc2)CS(=O)(=O)C3)cc1. The van der Waals surface area contributed by atoms with Crippen molar-refractivity contribution in [3.63, 3.8) is 0 Å². The van der Waals surface area contributed by atoms with Crippen LogP contribution in [0.3, 0.4) is 0 Å². The van der Waals surface area contributed by atoms with Crippen molar-refractivity contribution in [1.29, 1.82) is 0 Å². The molecule has 2 heterocycles. The number of methoxy groups -OCH3 is 1. The summed E-state index contributed by atoms with van der Waals surface area (Å²) < 4.78 is 30.9. The van der Waals surface area contributed by atoms with Crippen LogP contribution in [0.15, 0.2) is 54.6 Å². The average molecular weight is 426 g/mol. The maximum atomic E-state index is 12.6. The number of aryl methyl sites for hydroxylation is 1. The van der Waals surface area contributed by atoms with Crippen LogP contribution in [0.1, 0.15) is 29.7 Å². The monoisotopic (exact) mass is 425 g/mol. The van der Waals surface area contributed by atoms with Crippen LogP contribution in [0.5, 0.6) is 5.75 Å². The van der Waals surface area contributed by atoms with Gasteiger partial charge in [-0.25, -0.2) is 13.1 Å². The van der Waals surface area contributed by atoms with Gasteiger partial charge >= 0.3 is 0 Å². The Morgan fingerprint density at radius 2 is 1.83 bits per heavy atom. The van der Waals surface area contributed by atoms with Crippen LogP contribution in [0, 0.1) is 0 Å². The molecule has 0 saturated carbocycles. The van der Waals surface area contributed by atoms with Crippen LogP contribution in [0.25, 0.3) is 5.69 Å². The Hall–Kier alpha value is -3.13. The second-order valence-corrected chi connectivity index (χ2v) is 9.37. The molecule has 0 bridgehead atoms. The minimum Gasteiger partial charge on any atom is -0.497 e. The fourth-order valence-corrected chi connectivity index (χ4v) is 5.07. The lowest BCUT2D eigenvalue weighted by atomic mass is 10.1. The standard InChI is InChI=1S/C22H23N3O4S/c1-29-18-12-10-17(11-13-18)25-22(19-14-30(27,28)15-20(19)24-25)23-21(26)9-5-8-16-6-3-2-4-7-16/h2-4,6-7,10-13H,5,8-9,14-15H2,1H3,(H,23,26). The number of anilines is 1. The predicted molar refractivity (Wildman–Crippen MR) is 114 cm³/mol. The fraction of sp³-hybridized carbons (Fsp3) is 0.273. The second kappa shape index (κ2) is 8.31. The third-order valence-corrected chi connectivity index (χ3v) is 6.52. The molecule has 8 heteroatoms. The molecule has 1 aliphatic heterocycles. The first-order valence-corrected chi connectivity index (χ1v) is 11.6. The highest BCUT2D eigenvalue weighted by atomic mass is 32.2. The predicted octanol–water partition coefficient (Wildman–Crippen LogP) is 3.27. The topological polar surface area (TPSA) is 90.3 Å². The van der Waals surface area contributed by atoms with Gasteiger partial charge in [0.1, 0.15) is 11.6 Å². The first kappa shape index (κ1) is 20.2. The number of carbonyl (C=O) groups is 1. The summed E-state index contributed by atoms with van der Waals surface area (Å²) in [7, 11) is -1.64. The molecule has 3 aromatic rings. The zero-order valence-electron chi connectivity index (χ0n) is 16.7. The molecule has 1 aliphatic rings. The third-order valence-electron chi connectivity index (χ3n) is 5.07. The van der Waals surface area contributed by atoms with Crippen molar-refractivity contribution in [3.8, 4) is 11.4 Å². The highest BCUT2D eigenvalue weighted by molar-refractivity contribution is 7.90. The Labute approximate surface area is 175 Å². The van der Waals surface area contributed by atoms with E-state index in [1.165, 1.54) is 5.56 Å². The molecule has 1 amide bonds. The van der Waals surface area contributed by atoms with Gasteiger partial charge in [0.05, 0.1) is 30.0 Å². The molecule has 0 unspecified atom stereocenters. The van der Waals surface area contributed by atoms with E-state index in [4.69, 9.17) is 4.74 Å². The van der Waals surface area contributed by atoms with Gasteiger partial charge < -0.3 is 10.1 Å². The number of aromatic nitrogens is 2. The Bertz CT molecular complexity index is 1150. The van der Waals surface area contributed by atoms with Gasteiger partial charge in [0, 0.05) is 12.0 Å². The lowest BCUT2D eigenvalue weighted by Gasteiger charge is -2.12. The number of amides is 1. The van der Waals surface area contributed by atoms with E-state index >= 15 is 0 Å². The molecule has 0 saturated heterocycles. The van der Waals surface area contributed by atoms with E-state index in [1.54, 1.807) is 23.9 Å². The molecule has 4 rings (SSSR count). The first-order chi connectivity index (χ1) is 14.4. The van der Waals surface area contributed by atoms with Crippen LogP contribution in [0.2, 0.25) is 0 Å². The van der Waals surface area contributed by atoms with Crippen molar-refractivity contribution in [3.05, 3.63) is 71.4 Å². The molecule has 0 atom stereocenters. The number of nitrogens with zero attached hydrogens (tertiary/aromatic N) is 2. The van der Waals surface area contributed by atoms with Crippen LogP contribution >= 0.6 is 0 Å². The average Bonchev–Trinajstić information content (AvgIpc) is 3.21. The summed E-state index contributed by atoms with van der Waals surface area (Å²) in [5.41, 5.74) is 2.97. The zero-order chi connectivity index (χ0) is 21.1. The largest absolute Gasteiger partial charge is 0.497 e. The number of nitrogens with one attached hydrogen (secondary N) is 1. The summed E-state index contributed by atoms with van der Waals surface area (Å²) in [4.78, 5) is 12.6. The molecule has 30 heavy (non-hydrogen) atoms. The summed E-state index contributed by atoms with van der Waals surface area (Å²) >= 11 is 0. The Morgan fingerprint density at radius 3 is 2.53 bits per heavy atom. The van der Waals surface area contributed by atoms with E-state index in [0.29, 0.717) is 35.7 Å². The van der Waals surface area contributed by atoms with Gasteiger partial charge in [-0.1, -0.05) is 30.3 Å². The minimum atomic E-state index is -3.23. The highest BCUT2D eigenvalue weighted by Gasteiger charge is 2.33. The summed E-state index contributed by atoms with van der Waals surface area (Å²) in [5.74, 6) is 0.752. The highest BCUT2D eigenvalue weighted by Crippen LogP contribution is 2.33. The van der Waals surface area contributed by atoms with Crippen molar-refractivity contribution in [2.75, 3.05) is 12.4 Å². The number of hydrogen-bond donors (Lipinski definition) is 1. The lowest BCUT2D eigenvalue weighted by Crippen LogP contribution is -2.16. The molecule has 0 aliphatic carbocycles. The number of benzene rings is 2. The minimum absolute atomic E-state index is 0.109. The van der Waals surface area contributed by atoms with Gasteiger partial charge in [0.25, 0.3) is 0 Å². The number of sulfone groups is 1. The third kappa shape index (κ3) is 4.38. The number of ether oxygens (including phenoxy) is 1. The van der Waals surface area contributed by atoms with E-state index in [0.717, 1.165) is 12.1 Å². The lowest BCUT2D eigenvalue weighted by molar-refractivity contribution is -0.116. The summed E-state index contributed by atoms with van der Waals surface area (Å²) in [6, 6.07) is 17.2. The number of fused-ring (bicyclic) bond motifs is 1. The van der Waals surface area contributed by atoms with Crippen molar-refractivity contribution < 1.29 is 17.9 Å². The molecular formula is C22H23N3O4S. The molecule has 0 spiro atoms. The number of rotatable bonds is 7. The van der Waals surface area contributed by atoms with Crippen LogP contribution in [0.4, 0.5) is 5.82 Å². The molecule has 1 N–H and O–H groups in total. The van der Waals surface area contributed by atoms with E-state index in [-0.39, 0.29) is 17.4 Å². The van der Waals surface area contributed by atoms with Gasteiger partial charge in [-0.15, -0.1) is 0 Å². The van der Waals surface area contributed by atoms with Crippen molar-refractivity contribution in [2.45, 2.75) is 30.8 Å². The maximum absolute atomic E-state index is 12.6. The number of carbonyl (C=O) groups excluding carboxylic acids is 1. The summed E-state index contributed by atoms with van der Waals surface area (Å²) in [6.45, 7) is 0. The van der Waals surface area contributed by atoms with Gasteiger partial charge in [0.15, 0.2) is 9.84 Å². The maximum Gasteiger partial charge on any atom is 0.225 e. The van der Waals surface area contributed by atoms with Gasteiger partial charge in [0.2, 0.25) is 5.91 Å². The van der Waals surface area contributed by atoms with E-state index in [1.807, 2.05) is 42.5 Å². The molecule has 156 valence electrons. The normalized spacial score (nSPS) is 14.3. The molecular weight excluding hydrogens is 402 g/mol. The quantitative estimate of drug-likeness (QED) is 0.627. The Balaban J connectivity index is 1.54. The fourth-order valence-electron chi connectivity index (χ4n) is 3.57. The van der Waals surface area contributed by atoms with E-state index in [9.17, 15) is 13.2 Å². The van der Waals surface area contributed by atoms with Crippen LogP contribution in [-0.2, 0) is 32.6 Å². The molecule has 0 fully saturated rings. The van der Waals surface area contributed by atoms with Crippen molar-refractivity contribution >= 4 is 21.6 Å². The van der Waals surface area contributed by atoms with Gasteiger partial charge in [-0.05, 0) is 42.7 Å². The molecule has 1 aromatic heterocycles. The Morgan fingerprint density at radius 1 is 1.10 bits per heavy atom. The first-order valence-electron chi connectivity index (χ1n) is 9.74. The van der Waals surface area contributed by atoms with Crippen molar-refractivity contribution in [1.82, 2.24) is 9.78 Å². The second-order valence-electron chi connectivity index (χ2n) is 7.30. The summed E-state index contributed by atoms with van der Waals surface area (Å²) in [6.07, 6.45) is 1.84. The van der Waals surface area contributed by atoms with E-state index in [2.05, 4.69) is 10.4 Å². The smallest absolute Gasteiger partial charge is 0.225 e. The Kier molecular flexibility index (Phi) is 5.59. The van der Waals surface area contributed by atoms with Crippen LogP contribution < -0.4 is 10.1 Å². The molecule has 2 aromatic carbocycles. The van der Waals surface area contributed by atoms with Crippen LogP contribution in [-0.4, -0.2) is 31.2 Å². The summed E-state index contributed by atoms with van der Waals surface area (Å²) in [5, 5.41) is 7.38. The molecule has 7 nitrogen and oxygen atoms in total.